The molecule has 0 atom stereocenters. The maximum atomic E-state index is 12.8. The van der Waals surface area contributed by atoms with Crippen molar-refractivity contribution in [3.8, 4) is 5.75 Å². The van der Waals surface area contributed by atoms with E-state index in [4.69, 9.17) is 10.1 Å². The quantitative estimate of drug-likeness (QED) is 0.622. The largest absolute Gasteiger partial charge is 0.497 e. The van der Waals surface area contributed by atoms with Crippen LogP contribution in [-0.2, 0) is 6.42 Å². The first-order chi connectivity index (χ1) is 15.1. The molecular formula is C23H25N5O2S. The number of carbonyl (C=O) groups excluding carboxylic acids is 1. The molecule has 0 bridgehead atoms. The molecule has 2 N–H and O–H groups in total. The number of fused-ring (bicyclic) bond motifs is 2. The van der Waals surface area contributed by atoms with Gasteiger partial charge in [0.15, 0.2) is 0 Å². The van der Waals surface area contributed by atoms with Crippen LogP contribution >= 0.6 is 11.3 Å². The van der Waals surface area contributed by atoms with Gasteiger partial charge in [-0.25, -0.2) is 9.97 Å². The molecule has 1 aromatic carbocycles. The first kappa shape index (κ1) is 19.9. The highest BCUT2D eigenvalue weighted by Crippen LogP contribution is 2.39. The number of amides is 1. The van der Waals surface area contributed by atoms with Gasteiger partial charge in [0, 0.05) is 24.5 Å². The van der Waals surface area contributed by atoms with E-state index in [1.54, 1.807) is 13.4 Å². The minimum atomic E-state index is -0.0545. The van der Waals surface area contributed by atoms with Crippen LogP contribution in [0.25, 0.3) is 10.2 Å². The van der Waals surface area contributed by atoms with Gasteiger partial charge in [-0.1, -0.05) is 0 Å². The van der Waals surface area contributed by atoms with E-state index >= 15 is 0 Å². The molecular weight excluding hydrogens is 410 g/mol. The van der Waals surface area contributed by atoms with Gasteiger partial charge < -0.3 is 20.4 Å². The van der Waals surface area contributed by atoms with Crippen LogP contribution in [0, 0.1) is 11.3 Å². The zero-order valence-corrected chi connectivity index (χ0v) is 18.3. The summed E-state index contributed by atoms with van der Waals surface area (Å²) >= 11 is 1.41. The number of anilines is 2. The summed E-state index contributed by atoms with van der Waals surface area (Å²) in [5.41, 5.74) is 3.20. The Morgan fingerprint density at radius 3 is 2.90 bits per heavy atom. The summed E-state index contributed by atoms with van der Waals surface area (Å²) in [6, 6.07) is 8.03. The van der Waals surface area contributed by atoms with Crippen molar-refractivity contribution in [3.05, 3.63) is 41.0 Å². The Morgan fingerprint density at radius 1 is 1.26 bits per heavy atom. The molecule has 0 spiro atoms. The molecule has 160 valence electrons. The maximum Gasteiger partial charge on any atom is 0.261 e. The van der Waals surface area contributed by atoms with Crippen molar-refractivity contribution in [2.24, 2.45) is 5.92 Å². The number of ether oxygens (including phenoxy) is 1. The number of nitrogens with one attached hydrogen (secondary N) is 2. The van der Waals surface area contributed by atoms with E-state index in [2.05, 4.69) is 32.3 Å². The number of carbonyl (C=O) groups is 1. The fourth-order valence-electron chi connectivity index (χ4n) is 4.45. The third kappa shape index (κ3) is 3.87. The highest BCUT2D eigenvalue weighted by Gasteiger charge is 2.25. The second-order valence-corrected chi connectivity index (χ2v) is 9.21. The van der Waals surface area contributed by atoms with Gasteiger partial charge >= 0.3 is 0 Å². The Hall–Kier alpha value is -3.00. The number of methoxy groups -OCH3 is 1. The van der Waals surface area contributed by atoms with Crippen LogP contribution in [0.5, 0.6) is 5.75 Å². The third-order valence-corrected chi connectivity index (χ3v) is 7.27. The molecule has 1 amide bonds. The Kier molecular flexibility index (Phi) is 5.31. The fourth-order valence-corrected chi connectivity index (χ4v) is 5.36. The smallest absolute Gasteiger partial charge is 0.261 e. The molecule has 0 unspecified atom stereocenters. The van der Waals surface area contributed by atoms with Crippen LogP contribution in [0.1, 0.15) is 40.9 Å². The van der Waals surface area contributed by atoms with Gasteiger partial charge in [-0.2, -0.15) is 0 Å². The summed E-state index contributed by atoms with van der Waals surface area (Å²) in [6.45, 7) is 1.50. The van der Waals surface area contributed by atoms with Crippen LogP contribution in [0.3, 0.4) is 0 Å². The van der Waals surface area contributed by atoms with E-state index < -0.39 is 0 Å². The molecule has 7 nitrogen and oxygen atoms in total. The van der Waals surface area contributed by atoms with E-state index in [0.717, 1.165) is 71.8 Å². The second kappa shape index (κ2) is 8.26. The van der Waals surface area contributed by atoms with Crippen LogP contribution in [0.2, 0.25) is 0 Å². The van der Waals surface area contributed by atoms with Gasteiger partial charge in [0.05, 0.1) is 17.4 Å². The summed E-state index contributed by atoms with van der Waals surface area (Å²) in [7, 11) is 1.68. The van der Waals surface area contributed by atoms with Crippen LogP contribution < -0.4 is 15.0 Å². The van der Waals surface area contributed by atoms with Crippen LogP contribution in [0.4, 0.5) is 11.5 Å². The van der Waals surface area contributed by atoms with Gasteiger partial charge in [0.2, 0.25) is 0 Å². The van der Waals surface area contributed by atoms with E-state index in [9.17, 15) is 4.79 Å². The van der Waals surface area contributed by atoms with Gasteiger partial charge in [0.25, 0.3) is 5.91 Å². The Balaban J connectivity index is 1.36. The van der Waals surface area contributed by atoms with E-state index in [-0.39, 0.29) is 5.91 Å². The summed E-state index contributed by atoms with van der Waals surface area (Å²) in [5.74, 6) is 2.11. The van der Waals surface area contributed by atoms with Crippen molar-refractivity contribution < 1.29 is 9.53 Å². The lowest BCUT2D eigenvalue weighted by Crippen LogP contribution is -2.30. The molecule has 31 heavy (non-hydrogen) atoms. The predicted octanol–water partition coefficient (Wildman–Crippen LogP) is 4.33. The molecule has 3 aromatic rings. The number of thiophene rings is 1. The van der Waals surface area contributed by atoms with E-state index in [1.165, 1.54) is 16.9 Å². The highest BCUT2D eigenvalue weighted by molar-refractivity contribution is 7.20. The fraction of sp³-hybridized carbons (Fsp3) is 0.391. The SMILES string of the molecule is COc1ccc2c(c1)CCN2c1ncnc2sc(C(=O)NCC3CCC(=N)CC3)cc12. The van der Waals surface area contributed by atoms with Crippen LogP contribution in [0.15, 0.2) is 30.6 Å². The van der Waals surface area contributed by atoms with Crippen LogP contribution in [-0.4, -0.2) is 41.8 Å². The summed E-state index contributed by atoms with van der Waals surface area (Å²) in [5, 5.41) is 11.7. The summed E-state index contributed by atoms with van der Waals surface area (Å²) in [4.78, 5) is 25.5. The number of aromatic nitrogens is 2. The van der Waals surface area contributed by atoms with Gasteiger partial charge in [-0.05, 0) is 67.9 Å². The molecule has 1 aliphatic carbocycles. The second-order valence-electron chi connectivity index (χ2n) is 8.18. The average Bonchev–Trinajstić information content (AvgIpc) is 3.42. The molecule has 2 aliphatic rings. The molecule has 2 aromatic heterocycles. The lowest BCUT2D eigenvalue weighted by atomic mass is 9.88. The van der Waals surface area contributed by atoms with Crippen molar-refractivity contribution in [1.29, 1.82) is 5.41 Å². The maximum absolute atomic E-state index is 12.8. The van der Waals surface area contributed by atoms with Gasteiger partial charge in [-0.15, -0.1) is 11.3 Å². The average molecular weight is 436 g/mol. The number of benzene rings is 1. The Labute approximate surface area is 185 Å². The molecule has 5 rings (SSSR count). The van der Waals surface area contributed by atoms with E-state index in [0.29, 0.717) is 17.3 Å². The van der Waals surface area contributed by atoms with Crippen molar-refractivity contribution in [2.45, 2.75) is 32.1 Å². The minimum absolute atomic E-state index is 0.0545. The minimum Gasteiger partial charge on any atom is -0.497 e. The Bertz CT molecular complexity index is 1150. The lowest BCUT2D eigenvalue weighted by molar-refractivity contribution is 0.0949. The molecule has 1 fully saturated rings. The van der Waals surface area contributed by atoms with Gasteiger partial charge in [-0.3, -0.25) is 4.79 Å². The zero-order chi connectivity index (χ0) is 21.4. The van der Waals surface area contributed by atoms with Crippen molar-refractivity contribution in [1.82, 2.24) is 15.3 Å². The number of hydrogen-bond acceptors (Lipinski definition) is 7. The predicted molar refractivity (Wildman–Crippen MR) is 123 cm³/mol. The highest BCUT2D eigenvalue weighted by atomic mass is 32.1. The summed E-state index contributed by atoms with van der Waals surface area (Å²) < 4.78 is 5.35. The van der Waals surface area contributed by atoms with E-state index in [1.807, 2.05) is 12.1 Å². The molecule has 1 saturated carbocycles. The molecule has 8 heteroatoms. The van der Waals surface area contributed by atoms with Gasteiger partial charge in [0.1, 0.15) is 22.7 Å². The first-order valence-electron chi connectivity index (χ1n) is 10.7. The standard InChI is InChI=1S/C23H25N5O2S/c1-30-17-6-7-19-15(10-17)8-9-28(19)21-18-11-20(31-23(18)27-13-26-21)22(29)25-12-14-2-4-16(24)5-3-14/h6-7,10-11,13-14,24H,2-5,8-9,12H2,1H3,(H,25,29). The zero-order valence-electron chi connectivity index (χ0n) is 17.5. The lowest BCUT2D eigenvalue weighted by Gasteiger charge is -2.22. The molecule has 0 saturated heterocycles. The molecule has 1 aliphatic heterocycles. The normalized spacial score (nSPS) is 18.3. The van der Waals surface area contributed by atoms with Crippen molar-refractivity contribution in [3.63, 3.8) is 0 Å². The first-order valence-corrected chi connectivity index (χ1v) is 11.5. The molecule has 3 heterocycles. The number of nitrogens with zero attached hydrogens (tertiary/aromatic N) is 3. The third-order valence-electron chi connectivity index (χ3n) is 6.23. The van der Waals surface area contributed by atoms with Crippen molar-refractivity contribution >= 4 is 44.7 Å². The Morgan fingerprint density at radius 2 is 2.10 bits per heavy atom. The molecule has 0 radical (unpaired) electrons. The number of hydrogen-bond donors (Lipinski definition) is 2. The number of rotatable bonds is 5. The summed E-state index contributed by atoms with van der Waals surface area (Å²) in [6.07, 6.45) is 6.18. The monoisotopic (exact) mass is 435 g/mol. The van der Waals surface area contributed by atoms with Crippen molar-refractivity contribution in [2.75, 3.05) is 25.1 Å². The topological polar surface area (TPSA) is 91.2 Å².